The molecule has 356 valence electrons. The lowest BCUT2D eigenvalue weighted by Gasteiger charge is -2.30. The second kappa shape index (κ2) is 22.3. The van der Waals surface area contributed by atoms with E-state index in [-0.39, 0.29) is 47.4 Å². The molecule has 25 nitrogen and oxygen atoms in total. The van der Waals surface area contributed by atoms with Crippen molar-refractivity contribution < 1.29 is 85.2 Å². The molecular formula is C35H45ClN7O18P3S. The first-order valence-corrected chi connectivity index (χ1v) is 24.9. The summed E-state index contributed by atoms with van der Waals surface area (Å²) in [5.41, 5.74) is 5.60. The molecule has 2 unspecified atom stereocenters. The van der Waals surface area contributed by atoms with E-state index in [1.165, 1.54) is 13.8 Å². The van der Waals surface area contributed by atoms with E-state index in [1.807, 2.05) is 12.1 Å². The number of imidazole rings is 1. The summed E-state index contributed by atoms with van der Waals surface area (Å²) in [5, 5.41) is 26.9. The monoisotopic (exact) mass is 1010 g/mol. The van der Waals surface area contributed by atoms with Crippen LogP contribution in [0, 0.1) is 5.41 Å². The number of nitrogens with zero attached hydrogens (tertiary/aromatic N) is 4. The Bertz CT molecular complexity index is 2450. The van der Waals surface area contributed by atoms with Crippen LogP contribution in [0.25, 0.3) is 11.2 Å². The van der Waals surface area contributed by atoms with Crippen molar-refractivity contribution in [3.63, 3.8) is 0 Å². The molecule has 2 amide bonds. The number of phosphoric acid groups is 3. The highest BCUT2D eigenvalue weighted by Gasteiger charge is 2.50. The predicted octanol–water partition coefficient (Wildman–Crippen LogP) is 2.21. The van der Waals surface area contributed by atoms with Crippen molar-refractivity contribution in [3.8, 4) is 5.75 Å². The summed E-state index contributed by atoms with van der Waals surface area (Å²) in [6.45, 7) is 0.667. The standard InChI is InChI=1S/C35H45ClN7O18P3S/c1-35(2,29(46)32(47)39-12-11-25(44)38-13-14-65-34(48)21-5-9-23(10-6-21)56-15-20-3-7-22(36)8-4-20)17-58-64(54,55)61-63(52,53)57-16-24-28(60-62(49,50)51)27(45)33(59-24)43-19-42-26-30(37)40-18-41-31(26)43/h3-10,18-19,24,27-29,33,45-46H,11-17H2,1-2H3,(H,38,44)(H,39,47)(H,52,53)(H,54,55)(H2,37,40,41)(H2,49,50,51)/t24-,27-,28-,29+,33+/m1/s1. The van der Waals surface area contributed by atoms with Crippen molar-refractivity contribution >= 4 is 80.7 Å². The lowest BCUT2D eigenvalue weighted by molar-refractivity contribution is -0.137. The first-order valence-electron chi connectivity index (χ1n) is 19.0. The zero-order valence-electron chi connectivity index (χ0n) is 34.2. The minimum atomic E-state index is -5.59. The Morgan fingerprint density at radius 1 is 0.969 bits per heavy atom. The Morgan fingerprint density at radius 3 is 2.32 bits per heavy atom. The lowest BCUT2D eigenvalue weighted by Crippen LogP contribution is -2.46. The van der Waals surface area contributed by atoms with Gasteiger partial charge < -0.3 is 55.6 Å². The third kappa shape index (κ3) is 15.3. The minimum absolute atomic E-state index is 0.0244. The van der Waals surface area contributed by atoms with Gasteiger partial charge in [-0.2, -0.15) is 4.31 Å². The Kier molecular flexibility index (Phi) is 17.8. The summed E-state index contributed by atoms with van der Waals surface area (Å²) in [6.07, 6.45) is -7.03. The molecule has 65 heavy (non-hydrogen) atoms. The largest absolute Gasteiger partial charge is 0.489 e. The van der Waals surface area contributed by atoms with Crippen molar-refractivity contribution in [2.24, 2.45) is 5.41 Å². The number of benzene rings is 2. The number of halogens is 1. The second-order valence-electron chi connectivity index (χ2n) is 14.6. The van der Waals surface area contributed by atoms with Crippen molar-refractivity contribution in [2.45, 2.75) is 57.5 Å². The molecule has 7 atom stereocenters. The van der Waals surface area contributed by atoms with Crippen LogP contribution in [0.3, 0.4) is 0 Å². The average molecular weight is 1010 g/mol. The molecule has 1 saturated heterocycles. The number of nitrogens with two attached hydrogens (primary N) is 1. The van der Waals surface area contributed by atoms with E-state index < -0.39 is 84.6 Å². The van der Waals surface area contributed by atoms with E-state index in [4.69, 9.17) is 35.9 Å². The first kappa shape index (κ1) is 52.1. The summed E-state index contributed by atoms with van der Waals surface area (Å²) in [6, 6.07) is 13.8. The van der Waals surface area contributed by atoms with Crippen LogP contribution in [0.15, 0.2) is 61.2 Å². The number of thioether (sulfide) groups is 1. The molecule has 1 aliphatic rings. The Hall–Kier alpha value is -3.91. The van der Waals surface area contributed by atoms with Gasteiger partial charge in [-0.05, 0) is 42.0 Å². The average Bonchev–Trinajstić information content (AvgIpc) is 3.80. The van der Waals surface area contributed by atoms with Gasteiger partial charge in [-0.1, -0.05) is 49.3 Å². The molecule has 0 aliphatic carbocycles. The Morgan fingerprint density at radius 2 is 1.65 bits per heavy atom. The van der Waals surface area contributed by atoms with Crippen LogP contribution in [-0.2, 0) is 52.5 Å². The van der Waals surface area contributed by atoms with Crippen molar-refractivity contribution in [2.75, 3.05) is 37.8 Å². The number of aliphatic hydroxyl groups is 2. The molecule has 1 aliphatic heterocycles. The zero-order valence-corrected chi connectivity index (χ0v) is 38.4. The third-order valence-electron chi connectivity index (χ3n) is 9.14. The molecule has 4 aromatic rings. The van der Waals surface area contributed by atoms with Crippen LogP contribution in [-0.4, -0.2) is 123 Å². The van der Waals surface area contributed by atoms with Gasteiger partial charge in [0, 0.05) is 41.3 Å². The summed E-state index contributed by atoms with van der Waals surface area (Å²) in [4.78, 5) is 88.7. The molecule has 0 bridgehead atoms. The molecule has 0 saturated carbocycles. The van der Waals surface area contributed by atoms with Crippen molar-refractivity contribution in [1.82, 2.24) is 30.2 Å². The SMILES string of the molecule is CC(C)(COP(=O)(O)OP(=O)(O)OC[C@H]1O[C@H](n2cnc3c(N)ncnc32)[C@H](O)[C@@H]1OP(=O)(O)O)[C@@H](O)C(=O)NCCC(=O)NCCSC(=O)c1ccc(OCc2ccc(Cl)cc2)cc1. The number of nitrogen functional groups attached to an aromatic ring is 1. The molecule has 1 fully saturated rings. The number of hydrogen-bond acceptors (Lipinski definition) is 19. The van der Waals surface area contributed by atoms with Gasteiger partial charge in [0.25, 0.3) is 0 Å². The van der Waals surface area contributed by atoms with Crippen molar-refractivity contribution in [1.29, 1.82) is 0 Å². The number of fused-ring (bicyclic) bond motifs is 1. The van der Waals surface area contributed by atoms with Crippen LogP contribution in [0.2, 0.25) is 5.02 Å². The number of ether oxygens (including phenoxy) is 2. The number of anilines is 1. The van der Waals surface area contributed by atoms with E-state index in [2.05, 4.69) is 34.4 Å². The second-order valence-corrected chi connectivity index (χ2v) is 20.4. The van der Waals surface area contributed by atoms with Crippen LogP contribution < -0.4 is 21.1 Å². The number of aliphatic hydroxyl groups excluding tert-OH is 2. The number of phosphoric ester groups is 3. The van der Waals surface area contributed by atoms with Gasteiger partial charge in [0.1, 0.15) is 48.6 Å². The highest BCUT2D eigenvalue weighted by atomic mass is 35.5. The van der Waals surface area contributed by atoms with E-state index in [0.717, 1.165) is 34.5 Å². The highest BCUT2D eigenvalue weighted by molar-refractivity contribution is 8.14. The smallest absolute Gasteiger partial charge is 0.481 e. The molecular weight excluding hydrogens is 967 g/mol. The van der Waals surface area contributed by atoms with Crippen LogP contribution >= 0.6 is 46.8 Å². The molecule has 2 aromatic carbocycles. The molecule has 30 heteroatoms. The number of carbonyl (C=O) groups is 3. The number of carbonyl (C=O) groups excluding carboxylic acids is 3. The van der Waals surface area contributed by atoms with Gasteiger partial charge in [0.15, 0.2) is 17.7 Å². The summed E-state index contributed by atoms with van der Waals surface area (Å²) in [7, 11) is -16.5. The number of nitrogens with one attached hydrogen (secondary N) is 2. The number of aromatic nitrogens is 4. The van der Waals surface area contributed by atoms with Crippen LogP contribution in [0.5, 0.6) is 5.75 Å². The van der Waals surface area contributed by atoms with E-state index in [1.54, 1.807) is 36.4 Å². The first-order chi connectivity index (χ1) is 30.4. The highest BCUT2D eigenvalue weighted by Crippen LogP contribution is 2.61. The maximum absolute atomic E-state index is 12.7. The maximum Gasteiger partial charge on any atom is 0.481 e. The predicted molar refractivity (Wildman–Crippen MR) is 229 cm³/mol. The fourth-order valence-electron chi connectivity index (χ4n) is 5.79. The molecule has 0 radical (unpaired) electrons. The van der Waals surface area contributed by atoms with Gasteiger partial charge in [-0.3, -0.25) is 32.5 Å². The number of rotatable bonds is 23. The van der Waals surface area contributed by atoms with Crippen LogP contribution in [0.4, 0.5) is 5.82 Å². The van der Waals surface area contributed by atoms with Gasteiger partial charge in [0.2, 0.25) is 16.9 Å². The topological polar surface area (TPSA) is 373 Å². The van der Waals surface area contributed by atoms with Crippen LogP contribution in [0.1, 0.15) is 42.4 Å². The molecule has 2 aromatic heterocycles. The third-order valence-corrected chi connectivity index (χ3v) is 13.4. The van der Waals surface area contributed by atoms with Gasteiger partial charge >= 0.3 is 23.5 Å². The molecule has 5 rings (SSSR count). The fourth-order valence-corrected chi connectivity index (χ4v) is 9.44. The van der Waals surface area contributed by atoms with Crippen molar-refractivity contribution in [3.05, 3.63) is 77.3 Å². The van der Waals surface area contributed by atoms with E-state index >= 15 is 0 Å². The van der Waals surface area contributed by atoms with Gasteiger partial charge in [-0.25, -0.2) is 28.6 Å². The van der Waals surface area contributed by atoms with E-state index in [0.29, 0.717) is 22.9 Å². The number of amides is 2. The zero-order chi connectivity index (χ0) is 47.7. The molecule has 0 spiro atoms. The molecule has 3 heterocycles. The fraction of sp³-hybridized carbons (Fsp3) is 0.429. The van der Waals surface area contributed by atoms with Gasteiger partial charge in [-0.15, -0.1) is 0 Å². The van der Waals surface area contributed by atoms with E-state index in [9.17, 15) is 57.9 Å². The van der Waals surface area contributed by atoms with Gasteiger partial charge in [0.05, 0.1) is 19.5 Å². The Balaban J connectivity index is 1.01. The lowest BCUT2D eigenvalue weighted by atomic mass is 9.87. The minimum Gasteiger partial charge on any atom is -0.489 e. The quantitative estimate of drug-likeness (QED) is 0.0380. The number of hydrogen-bond donors (Lipinski definition) is 9. The maximum atomic E-state index is 12.7. The summed E-state index contributed by atoms with van der Waals surface area (Å²) in [5.74, 6) is -0.695. The summed E-state index contributed by atoms with van der Waals surface area (Å²) < 4.78 is 68.1. The molecule has 10 N–H and O–H groups in total. The summed E-state index contributed by atoms with van der Waals surface area (Å²) >= 11 is 6.88. The Labute approximate surface area is 378 Å². The normalized spacial score (nSPS) is 20.1.